The molecule has 3 atom stereocenters. The Labute approximate surface area is 200 Å². The van der Waals surface area contributed by atoms with E-state index in [1.165, 1.54) is 16.7 Å². The van der Waals surface area contributed by atoms with Gasteiger partial charge in [0.15, 0.2) is 0 Å². The lowest BCUT2D eigenvalue weighted by atomic mass is 10.0. The van der Waals surface area contributed by atoms with E-state index in [9.17, 15) is 18.3 Å². The molecule has 184 valence electrons. The van der Waals surface area contributed by atoms with Crippen molar-refractivity contribution in [3.63, 3.8) is 0 Å². The highest BCUT2D eigenvalue weighted by molar-refractivity contribution is 7.89. The molecule has 1 saturated carbocycles. The average molecular weight is 489 g/mol. The first-order valence-electron chi connectivity index (χ1n) is 11.6. The van der Waals surface area contributed by atoms with E-state index in [0.717, 1.165) is 24.0 Å². The lowest BCUT2D eigenvalue weighted by molar-refractivity contribution is -0.131. The zero-order valence-corrected chi connectivity index (χ0v) is 20.6. The highest BCUT2D eigenvalue weighted by Crippen LogP contribution is 2.37. The summed E-state index contributed by atoms with van der Waals surface area (Å²) in [5.41, 5.74) is 1.46. The topological polar surface area (TPSA) is 113 Å². The molecular formula is C24H32N4O5S. The molecule has 0 radical (unpaired) electrons. The molecule has 4 rings (SSSR count). The number of fused-ring (bicyclic) bond motifs is 1. The number of aliphatic hydroxyl groups is 1. The van der Waals surface area contributed by atoms with Gasteiger partial charge < -0.3 is 14.7 Å². The molecular weight excluding hydrogens is 456 g/mol. The van der Waals surface area contributed by atoms with Gasteiger partial charge in [0.25, 0.3) is 0 Å². The number of hydrogen-bond donors (Lipinski definition) is 1. The summed E-state index contributed by atoms with van der Waals surface area (Å²) in [6.45, 7) is 3.81. The molecule has 0 unspecified atom stereocenters. The second-order valence-corrected chi connectivity index (χ2v) is 11.3. The van der Waals surface area contributed by atoms with Crippen LogP contribution in [0.1, 0.15) is 33.1 Å². The van der Waals surface area contributed by atoms with Crippen molar-refractivity contribution in [2.45, 2.75) is 50.2 Å². The van der Waals surface area contributed by atoms with Gasteiger partial charge in [-0.05, 0) is 43.4 Å². The molecule has 0 bridgehead atoms. The summed E-state index contributed by atoms with van der Waals surface area (Å²) < 4.78 is 34.8. The Bertz CT molecular complexity index is 1120. The molecule has 1 aliphatic carbocycles. The van der Waals surface area contributed by atoms with Crippen LogP contribution < -0.4 is 4.74 Å². The third-order valence-electron chi connectivity index (χ3n) is 6.60. The maximum atomic E-state index is 13.6. The van der Waals surface area contributed by atoms with E-state index >= 15 is 0 Å². The number of carbonyl (C=O) groups is 1. The molecule has 1 aromatic heterocycles. The molecule has 0 spiro atoms. The Hall–Kier alpha value is -2.56. The third-order valence-corrected chi connectivity index (χ3v) is 8.62. The molecule has 2 aromatic rings. The Morgan fingerprint density at radius 1 is 1.26 bits per heavy atom. The van der Waals surface area contributed by atoms with E-state index in [1.54, 1.807) is 43.4 Å². The molecule has 2 aliphatic rings. The zero-order valence-electron chi connectivity index (χ0n) is 19.8. The van der Waals surface area contributed by atoms with Crippen LogP contribution in [-0.2, 0) is 14.8 Å². The van der Waals surface area contributed by atoms with Crippen LogP contribution in [0.25, 0.3) is 11.1 Å². The van der Waals surface area contributed by atoms with Gasteiger partial charge in [-0.25, -0.2) is 18.4 Å². The number of nitrogens with zero attached hydrogens (tertiary/aromatic N) is 4. The number of aliphatic hydroxyl groups excluding tert-OH is 1. The normalized spacial score (nSPS) is 23.2. The van der Waals surface area contributed by atoms with E-state index in [-0.39, 0.29) is 35.6 Å². The molecule has 2 heterocycles. The van der Waals surface area contributed by atoms with Gasteiger partial charge in [-0.2, -0.15) is 4.31 Å². The van der Waals surface area contributed by atoms with Crippen molar-refractivity contribution in [1.82, 2.24) is 19.2 Å². The number of hydrogen-bond acceptors (Lipinski definition) is 7. The quantitative estimate of drug-likeness (QED) is 0.635. The number of rotatable bonds is 7. The van der Waals surface area contributed by atoms with E-state index in [0.29, 0.717) is 18.9 Å². The summed E-state index contributed by atoms with van der Waals surface area (Å²) in [5, 5.41) is 9.78. The summed E-state index contributed by atoms with van der Waals surface area (Å²) in [6.07, 6.45) is 7.03. The van der Waals surface area contributed by atoms with Crippen LogP contribution >= 0.6 is 0 Å². The Balaban J connectivity index is 1.72. The second-order valence-electron chi connectivity index (χ2n) is 9.45. The summed E-state index contributed by atoms with van der Waals surface area (Å²) in [7, 11) is -2.16. The van der Waals surface area contributed by atoms with Crippen LogP contribution in [0.2, 0.25) is 0 Å². The fourth-order valence-electron chi connectivity index (χ4n) is 4.17. The van der Waals surface area contributed by atoms with Crippen molar-refractivity contribution >= 4 is 15.9 Å². The van der Waals surface area contributed by atoms with Crippen molar-refractivity contribution in [3.8, 4) is 16.9 Å². The smallest absolute Gasteiger partial charge is 0.247 e. The van der Waals surface area contributed by atoms with Crippen molar-refractivity contribution in [2.24, 2.45) is 11.8 Å². The summed E-state index contributed by atoms with van der Waals surface area (Å²) in [5.74, 6) is 0.546. The van der Waals surface area contributed by atoms with Gasteiger partial charge in [0.05, 0.1) is 13.2 Å². The summed E-state index contributed by atoms with van der Waals surface area (Å²) >= 11 is 0. The Kier molecular flexibility index (Phi) is 7.20. The number of aromatic nitrogens is 2. The number of sulfonamides is 1. The van der Waals surface area contributed by atoms with Crippen molar-refractivity contribution in [1.29, 1.82) is 0 Å². The average Bonchev–Trinajstić information content (AvgIpc) is 3.65. The van der Waals surface area contributed by atoms with Gasteiger partial charge in [-0.1, -0.05) is 13.0 Å². The lowest BCUT2D eigenvalue weighted by Crippen LogP contribution is -2.50. The molecule has 9 nitrogen and oxygen atoms in total. The predicted octanol–water partition coefficient (Wildman–Crippen LogP) is 2.17. The molecule has 0 saturated heterocycles. The van der Waals surface area contributed by atoms with Crippen molar-refractivity contribution in [3.05, 3.63) is 36.9 Å². The van der Waals surface area contributed by atoms with Crippen LogP contribution in [0.15, 0.2) is 41.8 Å². The standard InChI is InChI=1S/C24H32N4O5S/c1-16-12-28(17(2)14-29)34(31,32)23-7-6-19(20-10-25-15-26-11-20)9-21(23)33-22(16)13-27(3)24(30)8-18-4-5-18/h6-7,9-11,15-18,22,29H,4-5,8,12-14H2,1-3H3/t16-,17-,22+/m1/s1. The van der Waals surface area contributed by atoms with Crippen LogP contribution in [0, 0.1) is 11.8 Å². The highest BCUT2D eigenvalue weighted by Gasteiger charge is 2.38. The van der Waals surface area contributed by atoms with Crippen LogP contribution in [-0.4, -0.2) is 77.5 Å². The van der Waals surface area contributed by atoms with E-state index in [4.69, 9.17) is 4.74 Å². The van der Waals surface area contributed by atoms with E-state index in [2.05, 4.69) is 9.97 Å². The first-order chi connectivity index (χ1) is 16.2. The second kappa shape index (κ2) is 9.97. The molecule has 1 N–H and O–H groups in total. The SMILES string of the molecule is C[C@@H]1CN([C@H](C)CO)S(=O)(=O)c2ccc(-c3cncnc3)cc2O[C@H]1CN(C)C(=O)CC1CC1. The van der Waals surface area contributed by atoms with Gasteiger partial charge in [0.1, 0.15) is 23.1 Å². The maximum Gasteiger partial charge on any atom is 0.247 e. The summed E-state index contributed by atoms with van der Waals surface area (Å²) in [6, 6.07) is 4.31. The highest BCUT2D eigenvalue weighted by atomic mass is 32.2. The molecule has 1 aromatic carbocycles. The van der Waals surface area contributed by atoms with Gasteiger partial charge >= 0.3 is 0 Å². The van der Waals surface area contributed by atoms with Gasteiger partial charge in [-0.3, -0.25) is 4.79 Å². The minimum Gasteiger partial charge on any atom is -0.487 e. The maximum absolute atomic E-state index is 13.6. The fourth-order valence-corrected chi connectivity index (χ4v) is 5.99. The number of benzene rings is 1. The van der Waals surface area contributed by atoms with E-state index in [1.807, 2.05) is 6.92 Å². The number of likely N-dealkylation sites (N-methyl/N-ethyl adjacent to an activating group) is 1. The zero-order chi connectivity index (χ0) is 24.5. The number of carbonyl (C=O) groups excluding carboxylic acids is 1. The molecule has 34 heavy (non-hydrogen) atoms. The van der Waals surface area contributed by atoms with Gasteiger partial charge in [0, 0.05) is 49.9 Å². The van der Waals surface area contributed by atoms with Gasteiger partial charge in [-0.15, -0.1) is 0 Å². The first kappa shape index (κ1) is 24.6. The molecule has 10 heteroatoms. The largest absolute Gasteiger partial charge is 0.487 e. The Morgan fingerprint density at radius 3 is 2.62 bits per heavy atom. The fraction of sp³-hybridized carbons (Fsp3) is 0.542. The van der Waals surface area contributed by atoms with Gasteiger partial charge in [0.2, 0.25) is 15.9 Å². The van der Waals surface area contributed by atoms with Crippen LogP contribution in [0.4, 0.5) is 0 Å². The monoisotopic (exact) mass is 488 g/mol. The molecule has 1 aliphatic heterocycles. The minimum absolute atomic E-state index is 0.0391. The third kappa shape index (κ3) is 5.24. The van der Waals surface area contributed by atoms with Crippen LogP contribution in [0.3, 0.4) is 0 Å². The molecule has 1 fully saturated rings. The molecule has 1 amide bonds. The first-order valence-corrected chi connectivity index (χ1v) is 13.1. The predicted molar refractivity (Wildman–Crippen MR) is 126 cm³/mol. The van der Waals surface area contributed by atoms with Crippen LogP contribution in [0.5, 0.6) is 5.75 Å². The minimum atomic E-state index is -3.93. The van der Waals surface area contributed by atoms with E-state index < -0.39 is 22.2 Å². The summed E-state index contributed by atoms with van der Waals surface area (Å²) in [4.78, 5) is 22.5. The number of ether oxygens (including phenoxy) is 1. The number of amides is 1. The van der Waals surface area contributed by atoms with Crippen molar-refractivity contribution < 1.29 is 23.1 Å². The Morgan fingerprint density at radius 2 is 1.97 bits per heavy atom. The lowest BCUT2D eigenvalue weighted by Gasteiger charge is -2.37. The van der Waals surface area contributed by atoms with Crippen molar-refractivity contribution in [2.75, 3.05) is 26.7 Å².